The van der Waals surface area contributed by atoms with E-state index in [9.17, 15) is 18.0 Å². The van der Waals surface area contributed by atoms with Crippen molar-refractivity contribution in [3.63, 3.8) is 0 Å². The predicted molar refractivity (Wildman–Crippen MR) is 86.6 cm³/mol. The summed E-state index contributed by atoms with van der Waals surface area (Å²) >= 11 is 2.03. The summed E-state index contributed by atoms with van der Waals surface area (Å²) < 4.78 is 24.6. The fraction of sp³-hybridized carbons (Fsp3) is 0.538. The fourth-order valence-corrected chi connectivity index (χ4v) is 3.35. The van der Waals surface area contributed by atoms with E-state index < -0.39 is 14.6 Å². The first kappa shape index (κ1) is 17.4. The third kappa shape index (κ3) is 3.69. The van der Waals surface area contributed by atoms with Gasteiger partial charge in [-0.3, -0.25) is 9.59 Å². The Hall–Kier alpha value is -0.700. The van der Waals surface area contributed by atoms with Gasteiger partial charge in [0.25, 0.3) is 5.56 Å². The molecule has 0 spiro atoms. The quantitative estimate of drug-likeness (QED) is 0.668. The second-order valence-corrected chi connectivity index (χ2v) is 8.60. The topological polar surface area (TPSA) is 73.2 Å². The van der Waals surface area contributed by atoms with E-state index in [4.69, 9.17) is 0 Å². The van der Waals surface area contributed by atoms with E-state index in [2.05, 4.69) is 0 Å². The van der Waals surface area contributed by atoms with Crippen molar-refractivity contribution in [2.45, 2.75) is 38.0 Å². The molecule has 0 saturated carbocycles. The monoisotopic (exact) mass is 411 g/mol. The molecule has 0 radical (unpaired) electrons. The number of sulfone groups is 1. The van der Waals surface area contributed by atoms with Gasteiger partial charge in [-0.05, 0) is 42.0 Å². The molecule has 0 amide bonds. The van der Waals surface area contributed by atoms with Crippen molar-refractivity contribution in [2.75, 3.05) is 6.26 Å². The van der Waals surface area contributed by atoms with E-state index in [-0.39, 0.29) is 30.7 Å². The molecular formula is C13H18INO4S. The molecular weight excluding hydrogens is 393 g/mol. The van der Waals surface area contributed by atoms with Crippen LogP contribution in [0.5, 0.6) is 0 Å². The highest BCUT2D eigenvalue weighted by Crippen LogP contribution is 2.24. The molecule has 0 N–H and O–H groups in total. The molecule has 20 heavy (non-hydrogen) atoms. The molecule has 7 heteroatoms. The second-order valence-electron chi connectivity index (χ2n) is 4.91. The van der Waals surface area contributed by atoms with E-state index in [1.165, 1.54) is 17.6 Å². The van der Waals surface area contributed by atoms with Crippen LogP contribution in [0.25, 0.3) is 0 Å². The van der Waals surface area contributed by atoms with E-state index in [0.29, 0.717) is 0 Å². The summed E-state index contributed by atoms with van der Waals surface area (Å²) in [6, 6.07) is 3.24. The number of hydrogen-bond donors (Lipinski definition) is 0. The molecule has 0 fully saturated rings. The van der Waals surface area contributed by atoms with Crippen molar-refractivity contribution < 1.29 is 13.2 Å². The van der Waals surface area contributed by atoms with Crippen LogP contribution in [0.4, 0.5) is 0 Å². The van der Waals surface area contributed by atoms with Gasteiger partial charge in [0.1, 0.15) is 4.75 Å². The SMILES string of the molecule is CCC(=O)C(C)(CCn1ccc(I)cc1=O)S(C)(=O)=O. The van der Waals surface area contributed by atoms with Crippen molar-refractivity contribution in [1.29, 1.82) is 0 Å². The summed E-state index contributed by atoms with van der Waals surface area (Å²) in [4.78, 5) is 23.7. The van der Waals surface area contributed by atoms with E-state index in [0.717, 1.165) is 9.83 Å². The van der Waals surface area contributed by atoms with Crippen LogP contribution in [0.15, 0.2) is 23.1 Å². The van der Waals surface area contributed by atoms with Gasteiger partial charge >= 0.3 is 0 Å². The summed E-state index contributed by atoms with van der Waals surface area (Å²) in [5.41, 5.74) is -0.198. The van der Waals surface area contributed by atoms with E-state index in [1.807, 2.05) is 22.6 Å². The Balaban J connectivity index is 3.05. The number of nitrogens with zero attached hydrogens (tertiary/aromatic N) is 1. The highest BCUT2D eigenvalue weighted by molar-refractivity contribution is 14.1. The second kappa shape index (κ2) is 6.38. The Morgan fingerprint density at radius 1 is 1.45 bits per heavy atom. The first-order valence-electron chi connectivity index (χ1n) is 6.20. The van der Waals surface area contributed by atoms with Gasteiger partial charge in [-0.25, -0.2) is 8.42 Å². The number of hydrogen-bond acceptors (Lipinski definition) is 4. The van der Waals surface area contributed by atoms with Crippen LogP contribution in [0.1, 0.15) is 26.7 Å². The van der Waals surface area contributed by atoms with Crippen LogP contribution >= 0.6 is 22.6 Å². The molecule has 1 atom stereocenters. The molecule has 1 aromatic rings. The number of pyridine rings is 1. The minimum Gasteiger partial charge on any atom is -0.315 e. The maximum absolute atomic E-state index is 12.0. The Morgan fingerprint density at radius 2 is 2.05 bits per heavy atom. The van der Waals surface area contributed by atoms with Gasteiger partial charge in [-0.15, -0.1) is 0 Å². The lowest BCUT2D eigenvalue weighted by atomic mass is 9.99. The third-order valence-electron chi connectivity index (χ3n) is 3.52. The van der Waals surface area contributed by atoms with Crippen LogP contribution in [0.2, 0.25) is 0 Å². The summed E-state index contributed by atoms with van der Waals surface area (Å²) in [7, 11) is -3.53. The van der Waals surface area contributed by atoms with Crippen molar-refractivity contribution in [3.05, 3.63) is 32.3 Å². The molecule has 0 bridgehead atoms. The number of carbonyl (C=O) groups excluding carboxylic acids is 1. The van der Waals surface area contributed by atoms with Crippen LogP contribution in [-0.4, -0.2) is 29.8 Å². The first-order chi connectivity index (χ1) is 9.11. The first-order valence-corrected chi connectivity index (χ1v) is 9.17. The van der Waals surface area contributed by atoms with Crippen LogP contribution in [-0.2, 0) is 21.2 Å². The van der Waals surface area contributed by atoms with Crippen molar-refractivity contribution in [1.82, 2.24) is 4.57 Å². The van der Waals surface area contributed by atoms with Gasteiger partial charge in [-0.1, -0.05) is 6.92 Å². The molecule has 1 heterocycles. The molecule has 5 nitrogen and oxygen atoms in total. The van der Waals surface area contributed by atoms with Gasteiger partial charge in [-0.2, -0.15) is 0 Å². The molecule has 0 aliphatic heterocycles. The highest BCUT2D eigenvalue weighted by atomic mass is 127. The van der Waals surface area contributed by atoms with Gasteiger partial charge < -0.3 is 4.57 Å². The lowest BCUT2D eigenvalue weighted by molar-refractivity contribution is -0.121. The number of rotatable bonds is 6. The Kier molecular flexibility index (Phi) is 5.54. The molecule has 0 aliphatic rings. The van der Waals surface area contributed by atoms with Gasteiger partial charge in [0.2, 0.25) is 0 Å². The largest absolute Gasteiger partial charge is 0.315 e. The van der Waals surface area contributed by atoms with Crippen molar-refractivity contribution in [3.8, 4) is 0 Å². The zero-order chi connectivity index (χ0) is 15.6. The maximum atomic E-state index is 12.0. The molecule has 1 unspecified atom stereocenters. The van der Waals surface area contributed by atoms with Gasteiger partial charge in [0.15, 0.2) is 15.6 Å². The van der Waals surface area contributed by atoms with Crippen LogP contribution in [0, 0.1) is 3.57 Å². The third-order valence-corrected chi connectivity index (χ3v) is 6.26. The maximum Gasteiger partial charge on any atom is 0.251 e. The summed E-state index contributed by atoms with van der Waals surface area (Å²) in [5, 5.41) is 0. The Labute approximate surface area is 132 Å². The number of aromatic nitrogens is 1. The molecule has 1 aromatic heterocycles. The molecule has 0 aliphatic carbocycles. The van der Waals surface area contributed by atoms with Crippen LogP contribution in [0.3, 0.4) is 0 Å². The molecule has 1 rings (SSSR count). The molecule has 112 valence electrons. The lowest BCUT2D eigenvalue weighted by Gasteiger charge is -2.26. The fourth-order valence-electron chi connectivity index (χ4n) is 1.91. The average molecular weight is 411 g/mol. The summed E-state index contributed by atoms with van der Waals surface area (Å²) in [5.74, 6) is -0.321. The molecule has 0 aromatic carbocycles. The number of aryl methyl sites for hydroxylation is 1. The smallest absolute Gasteiger partial charge is 0.251 e. The summed E-state index contributed by atoms with van der Waals surface area (Å²) in [6.45, 7) is 3.28. The van der Waals surface area contributed by atoms with Crippen molar-refractivity contribution >= 4 is 38.2 Å². The van der Waals surface area contributed by atoms with Gasteiger partial charge in [0, 0.05) is 35.1 Å². The Morgan fingerprint density at radius 3 is 2.50 bits per heavy atom. The highest BCUT2D eigenvalue weighted by Gasteiger charge is 2.41. The minimum atomic E-state index is -3.53. The zero-order valence-electron chi connectivity index (χ0n) is 11.7. The number of ketones is 1. The standard InChI is InChI=1S/C13H18INO4S/c1-4-11(16)13(2,20(3,18)19)6-8-15-7-5-10(14)9-12(15)17/h5,7,9H,4,6,8H2,1-3H3. The van der Waals surface area contributed by atoms with E-state index in [1.54, 1.807) is 19.2 Å². The minimum absolute atomic E-state index is 0.0962. The van der Waals surface area contributed by atoms with E-state index >= 15 is 0 Å². The number of carbonyl (C=O) groups is 1. The Bertz CT molecular complexity index is 665. The lowest BCUT2D eigenvalue weighted by Crippen LogP contribution is -2.44. The summed E-state index contributed by atoms with van der Waals surface area (Å²) in [6.07, 6.45) is 2.94. The van der Waals surface area contributed by atoms with Gasteiger partial charge in [0.05, 0.1) is 0 Å². The predicted octanol–water partition coefficient (Wildman–Crippen LogP) is 1.63. The zero-order valence-corrected chi connectivity index (χ0v) is 14.7. The molecule has 0 saturated heterocycles. The van der Waals surface area contributed by atoms with Crippen molar-refractivity contribution in [2.24, 2.45) is 0 Å². The normalized spacial score (nSPS) is 14.8. The van der Waals surface area contributed by atoms with Crippen LogP contribution < -0.4 is 5.56 Å². The average Bonchev–Trinajstić information content (AvgIpc) is 2.35. The number of halogens is 1. The number of Topliss-reactive ketones (excluding diaryl/α,β-unsaturated/α-hetero) is 1.